The van der Waals surface area contributed by atoms with Gasteiger partial charge in [0.05, 0.1) is 5.41 Å². The molecule has 0 atom stereocenters. The molecule has 4 nitrogen and oxygen atoms in total. The van der Waals surface area contributed by atoms with Gasteiger partial charge in [-0.2, -0.15) is 0 Å². The molecule has 20 heavy (non-hydrogen) atoms. The first-order valence-electron chi connectivity index (χ1n) is 6.56. The number of nitrogens with zero attached hydrogens (tertiary/aromatic N) is 1. The maximum Gasteiger partial charge on any atom is 0.323 e. The average Bonchev–Trinajstić information content (AvgIpc) is 2.37. The molecule has 0 unspecified atom stereocenters. The van der Waals surface area contributed by atoms with Crippen LogP contribution >= 0.6 is 0 Å². The predicted molar refractivity (Wildman–Crippen MR) is 73.9 cm³/mol. The second-order valence-electron chi connectivity index (χ2n) is 5.25. The van der Waals surface area contributed by atoms with E-state index in [1.54, 1.807) is 26.0 Å². The highest BCUT2D eigenvalue weighted by Gasteiger charge is 2.34. The molecular formula is C15H20FNO3. The van der Waals surface area contributed by atoms with Crippen LogP contribution in [0.25, 0.3) is 0 Å². The maximum atomic E-state index is 13.0. The van der Waals surface area contributed by atoms with Crippen LogP contribution < -0.4 is 0 Å². The Bertz CT molecular complexity index is 482. The van der Waals surface area contributed by atoms with Gasteiger partial charge in [0.2, 0.25) is 5.91 Å². The lowest BCUT2D eigenvalue weighted by Crippen LogP contribution is -2.46. The van der Waals surface area contributed by atoms with Crippen molar-refractivity contribution in [2.24, 2.45) is 0 Å². The summed E-state index contributed by atoms with van der Waals surface area (Å²) in [6, 6.07) is 5.70. The number of hydrogen-bond acceptors (Lipinski definition) is 2. The van der Waals surface area contributed by atoms with Crippen molar-refractivity contribution >= 4 is 11.9 Å². The van der Waals surface area contributed by atoms with Crippen LogP contribution in [0.15, 0.2) is 24.3 Å². The first-order valence-corrected chi connectivity index (χ1v) is 6.56. The second-order valence-corrected chi connectivity index (χ2v) is 5.25. The van der Waals surface area contributed by atoms with Gasteiger partial charge >= 0.3 is 5.97 Å². The van der Waals surface area contributed by atoms with Crippen molar-refractivity contribution in [2.75, 3.05) is 13.1 Å². The normalized spacial score (nSPS) is 11.2. The minimum atomic E-state index is -1.04. The molecule has 0 aliphatic heterocycles. The van der Waals surface area contributed by atoms with Crippen molar-refractivity contribution in [2.45, 2.75) is 32.6 Å². The third-order valence-electron chi connectivity index (χ3n) is 3.21. The summed E-state index contributed by atoms with van der Waals surface area (Å²) in [7, 11) is 0. The highest BCUT2D eigenvalue weighted by molar-refractivity contribution is 5.89. The molecule has 1 rings (SSSR count). The molecule has 110 valence electrons. The van der Waals surface area contributed by atoms with E-state index in [-0.39, 0.29) is 18.3 Å². The monoisotopic (exact) mass is 281 g/mol. The van der Waals surface area contributed by atoms with Crippen molar-refractivity contribution in [3.05, 3.63) is 35.6 Å². The molecule has 0 fully saturated rings. The molecule has 1 N–H and O–H groups in total. The summed E-state index contributed by atoms with van der Waals surface area (Å²) in [4.78, 5) is 24.7. The number of benzene rings is 1. The van der Waals surface area contributed by atoms with Gasteiger partial charge in [0.25, 0.3) is 0 Å². The summed E-state index contributed by atoms with van der Waals surface area (Å²) < 4.78 is 13.0. The molecule has 1 aromatic carbocycles. The molecule has 1 amide bonds. The van der Waals surface area contributed by atoms with Gasteiger partial charge in [0.15, 0.2) is 0 Å². The number of carbonyl (C=O) groups excluding carboxylic acids is 1. The van der Waals surface area contributed by atoms with Crippen molar-refractivity contribution in [3.63, 3.8) is 0 Å². The summed E-state index contributed by atoms with van der Waals surface area (Å²) >= 11 is 0. The van der Waals surface area contributed by atoms with Gasteiger partial charge in [-0.15, -0.1) is 0 Å². The van der Waals surface area contributed by atoms with E-state index in [2.05, 4.69) is 0 Å². The summed E-state index contributed by atoms with van der Waals surface area (Å²) in [6.45, 7) is 5.38. The highest BCUT2D eigenvalue weighted by Crippen LogP contribution is 2.26. The zero-order valence-corrected chi connectivity index (χ0v) is 12.0. The Hall–Kier alpha value is -1.91. The van der Waals surface area contributed by atoms with Crippen LogP contribution in [0, 0.1) is 5.82 Å². The van der Waals surface area contributed by atoms with Crippen molar-refractivity contribution in [1.82, 2.24) is 4.90 Å². The molecular weight excluding hydrogens is 261 g/mol. The number of carboxylic acid groups (broad SMARTS) is 1. The predicted octanol–water partition coefficient (Wildman–Crippen LogP) is 2.43. The van der Waals surface area contributed by atoms with E-state index in [0.717, 1.165) is 0 Å². The van der Waals surface area contributed by atoms with Gasteiger partial charge < -0.3 is 10.0 Å². The average molecular weight is 281 g/mol. The zero-order valence-electron chi connectivity index (χ0n) is 12.0. The Morgan fingerprint density at radius 3 is 2.25 bits per heavy atom. The van der Waals surface area contributed by atoms with Crippen LogP contribution in [0.3, 0.4) is 0 Å². The Balaban J connectivity index is 3.01. The van der Waals surface area contributed by atoms with E-state index >= 15 is 0 Å². The molecule has 0 aromatic heterocycles. The highest BCUT2D eigenvalue weighted by atomic mass is 19.1. The molecule has 1 aromatic rings. The fourth-order valence-corrected chi connectivity index (χ4v) is 2.07. The minimum absolute atomic E-state index is 0.270. The quantitative estimate of drug-likeness (QED) is 0.871. The molecule has 0 saturated carbocycles. The molecule has 0 radical (unpaired) electrons. The van der Waals surface area contributed by atoms with Crippen molar-refractivity contribution in [3.8, 4) is 0 Å². The Labute approximate surface area is 118 Å². The number of halogens is 1. The van der Waals surface area contributed by atoms with Crippen molar-refractivity contribution < 1.29 is 19.1 Å². The van der Waals surface area contributed by atoms with E-state index in [1.165, 1.54) is 17.0 Å². The smallest absolute Gasteiger partial charge is 0.323 e. The molecule has 0 aliphatic rings. The van der Waals surface area contributed by atoms with Crippen molar-refractivity contribution in [1.29, 1.82) is 0 Å². The molecule has 0 saturated heterocycles. The van der Waals surface area contributed by atoms with E-state index in [4.69, 9.17) is 5.11 Å². The zero-order chi connectivity index (χ0) is 15.3. The third-order valence-corrected chi connectivity index (χ3v) is 3.21. The number of hydrogen-bond donors (Lipinski definition) is 1. The molecule has 0 bridgehead atoms. The largest absolute Gasteiger partial charge is 0.480 e. The third kappa shape index (κ3) is 3.79. The van der Waals surface area contributed by atoms with Gasteiger partial charge in [-0.25, -0.2) is 4.39 Å². The molecule has 0 aliphatic carbocycles. The standard InChI is InChI=1S/C15H20FNO3/c1-4-9-17(10-13(18)19)14(20)15(2,3)11-5-7-12(16)8-6-11/h5-8H,4,9-10H2,1-3H3,(H,18,19). The Morgan fingerprint density at radius 2 is 1.80 bits per heavy atom. The van der Waals surface area contributed by atoms with Gasteiger partial charge in [-0.3, -0.25) is 9.59 Å². The number of carboxylic acids is 1. The number of amides is 1. The van der Waals surface area contributed by atoms with Crippen LogP contribution in [0.4, 0.5) is 4.39 Å². The Kier molecular flexibility index (Phi) is 5.25. The van der Waals surface area contributed by atoms with Crippen LogP contribution in [-0.2, 0) is 15.0 Å². The van der Waals surface area contributed by atoms with Gasteiger partial charge in [-0.1, -0.05) is 19.1 Å². The van der Waals surface area contributed by atoms with E-state index in [1.807, 2.05) is 6.92 Å². The second kappa shape index (κ2) is 6.50. The SMILES string of the molecule is CCCN(CC(=O)O)C(=O)C(C)(C)c1ccc(F)cc1. The molecule has 0 heterocycles. The van der Waals surface area contributed by atoms with E-state index in [9.17, 15) is 14.0 Å². The minimum Gasteiger partial charge on any atom is -0.480 e. The van der Waals surface area contributed by atoms with Gasteiger partial charge in [0.1, 0.15) is 12.4 Å². The lowest BCUT2D eigenvalue weighted by atomic mass is 9.83. The van der Waals surface area contributed by atoms with Crippen LogP contribution in [-0.4, -0.2) is 35.0 Å². The first kappa shape index (κ1) is 16.1. The molecule has 5 heteroatoms. The van der Waals surface area contributed by atoms with E-state index in [0.29, 0.717) is 18.5 Å². The van der Waals surface area contributed by atoms with E-state index < -0.39 is 11.4 Å². The topological polar surface area (TPSA) is 57.6 Å². The lowest BCUT2D eigenvalue weighted by molar-refractivity contribution is -0.146. The fraction of sp³-hybridized carbons (Fsp3) is 0.467. The fourth-order valence-electron chi connectivity index (χ4n) is 2.07. The summed E-state index contributed by atoms with van der Waals surface area (Å²) in [5.41, 5.74) is -0.228. The number of aliphatic carboxylic acids is 1. The number of rotatable bonds is 6. The lowest BCUT2D eigenvalue weighted by Gasteiger charge is -2.31. The summed E-state index contributed by atoms with van der Waals surface area (Å²) in [5.74, 6) is -1.68. The Morgan fingerprint density at radius 1 is 1.25 bits per heavy atom. The maximum absolute atomic E-state index is 13.0. The van der Waals surface area contributed by atoms with Gasteiger partial charge in [-0.05, 0) is 38.0 Å². The van der Waals surface area contributed by atoms with Crippen LogP contribution in [0.1, 0.15) is 32.8 Å². The number of carbonyl (C=O) groups is 2. The summed E-state index contributed by atoms with van der Waals surface area (Å²) in [5, 5.41) is 8.89. The van der Waals surface area contributed by atoms with Gasteiger partial charge in [0, 0.05) is 6.54 Å². The first-order chi connectivity index (χ1) is 9.28. The summed E-state index contributed by atoms with van der Waals surface area (Å²) in [6.07, 6.45) is 0.679. The van der Waals surface area contributed by atoms with Crippen LogP contribution in [0.2, 0.25) is 0 Å². The van der Waals surface area contributed by atoms with Crippen LogP contribution in [0.5, 0.6) is 0 Å². The molecule has 0 spiro atoms.